The van der Waals surface area contributed by atoms with Gasteiger partial charge in [0.1, 0.15) is 23.1 Å². The number of ether oxygens (including phenoxy) is 4. The second-order valence-electron chi connectivity index (χ2n) is 17.6. The molecular weight excluding hydrogens is 865 g/mol. The number of aromatic nitrogens is 6. The van der Waals surface area contributed by atoms with Gasteiger partial charge < -0.3 is 29.6 Å². The fourth-order valence-corrected chi connectivity index (χ4v) is 8.67. The second-order valence-corrected chi connectivity index (χ2v) is 17.6. The predicted molar refractivity (Wildman–Crippen MR) is 260 cm³/mol. The Bertz CT molecular complexity index is 2520. The maximum absolute atomic E-state index is 12.5. The first kappa shape index (κ1) is 49.4. The van der Waals surface area contributed by atoms with Gasteiger partial charge in [0.05, 0.1) is 45.4 Å². The molecule has 4 aliphatic rings. The van der Waals surface area contributed by atoms with E-state index in [0.717, 1.165) is 82.4 Å². The third-order valence-corrected chi connectivity index (χ3v) is 11.8. The topological polar surface area (TPSA) is 179 Å². The van der Waals surface area contributed by atoms with Crippen molar-refractivity contribution in [3.8, 4) is 23.3 Å². The van der Waals surface area contributed by atoms with Gasteiger partial charge in [-0.1, -0.05) is 58.5 Å². The van der Waals surface area contributed by atoms with Gasteiger partial charge in [-0.25, -0.2) is 19.0 Å². The van der Waals surface area contributed by atoms with Crippen LogP contribution < -0.4 is 20.1 Å². The summed E-state index contributed by atoms with van der Waals surface area (Å²) < 4.78 is 25.7. The lowest BCUT2D eigenvalue weighted by molar-refractivity contribution is -0.119. The molecule has 4 aliphatic heterocycles. The molecule has 2 aromatic carbocycles. The van der Waals surface area contributed by atoms with E-state index in [1.807, 2.05) is 88.5 Å². The number of benzene rings is 2. The standard InChI is InChI=1S/C24H27N5O3.C23H25N5O4.2C2H6/c1-17(12-28-9-8-24(14-28)15-31-16-24)25-21-13-29-22(26-21)6-7-23(27-29)32-20-5-3-4-19(11-20)10-18(2)30;1-16(29)9-17-3-2-4-18(10-17)32-22-6-5-20-24-19(11-28(20)26-22)25-21(30)12-27-8-7-23(13-27)14-31-15-23;2*1-2/h3-7,11,13,25H,1,8-10,12,14-16H2,2H3;2-6,10-11H,7-9,12-15H2,1H3,(H,25,30);2*1-2H3. The van der Waals surface area contributed by atoms with Gasteiger partial charge in [0.15, 0.2) is 22.9 Å². The molecule has 0 aliphatic carbocycles. The first-order valence-corrected chi connectivity index (χ1v) is 23.5. The molecule has 0 saturated carbocycles. The van der Waals surface area contributed by atoms with Crippen molar-refractivity contribution in [1.82, 2.24) is 39.0 Å². The molecule has 4 fully saturated rings. The molecule has 0 radical (unpaired) electrons. The number of anilines is 2. The van der Waals surface area contributed by atoms with Crippen molar-refractivity contribution in [3.05, 3.63) is 109 Å². The number of hydrogen-bond donors (Lipinski definition) is 2. The van der Waals surface area contributed by atoms with Crippen molar-refractivity contribution < 1.29 is 33.3 Å². The zero-order valence-electron chi connectivity index (χ0n) is 40.1. The highest BCUT2D eigenvalue weighted by Gasteiger charge is 2.45. The molecule has 2 N–H and O–H groups in total. The van der Waals surface area contributed by atoms with Crippen LogP contribution in [0.25, 0.3) is 11.3 Å². The van der Waals surface area contributed by atoms with Crippen molar-refractivity contribution in [2.75, 3.05) is 76.3 Å². The molecule has 17 nitrogen and oxygen atoms in total. The Morgan fingerprint density at radius 2 is 1.10 bits per heavy atom. The Labute approximate surface area is 397 Å². The van der Waals surface area contributed by atoms with E-state index in [-0.39, 0.29) is 22.9 Å². The van der Waals surface area contributed by atoms with Crippen molar-refractivity contribution in [3.63, 3.8) is 0 Å². The minimum Gasteiger partial charge on any atom is -0.438 e. The van der Waals surface area contributed by atoms with E-state index in [0.29, 0.717) is 71.0 Å². The minimum absolute atomic E-state index is 0.0931. The Hall–Kier alpha value is -6.53. The number of fused-ring (bicyclic) bond motifs is 2. The van der Waals surface area contributed by atoms with Crippen LogP contribution in [0.4, 0.5) is 11.6 Å². The summed E-state index contributed by atoms with van der Waals surface area (Å²) in [4.78, 5) is 48.8. The number of nitrogens with one attached hydrogen (secondary N) is 2. The van der Waals surface area contributed by atoms with Gasteiger partial charge in [-0.05, 0) is 87.3 Å². The van der Waals surface area contributed by atoms with Crippen LogP contribution in [0, 0.1) is 10.8 Å². The van der Waals surface area contributed by atoms with Gasteiger partial charge >= 0.3 is 0 Å². The predicted octanol–water partition coefficient (Wildman–Crippen LogP) is 7.67. The number of carbonyl (C=O) groups excluding carboxylic acids is 3. The second kappa shape index (κ2) is 22.5. The summed E-state index contributed by atoms with van der Waals surface area (Å²) in [6.07, 6.45) is 6.51. The first-order valence-electron chi connectivity index (χ1n) is 23.5. The van der Waals surface area contributed by atoms with E-state index in [4.69, 9.17) is 18.9 Å². The average molecular weight is 929 g/mol. The Balaban J connectivity index is 0.000000188. The first-order chi connectivity index (χ1) is 32.9. The van der Waals surface area contributed by atoms with E-state index in [1.165, 1.54) is 6.42 Å². The lowest BCUT2D eigenvalue weighted by atomic mass is 9.85. The third kappa shape index (κ3) is 12.9. The molecule has 0 unspecified atom stereocenters. The fourth-order valence-electron chi connectivity index (χ4n) is 8.67. The number of hydrogen-bond acceptors (Lipinski definition) is 14. The molecule has 6 aromatic rings. The van der Waals surface area contributed by atoms with Crippen LogP contribution in [0.5, 0.6) is 23.3 Å². The summed E-state index contributed by atoms with van der Waals surface area (Å²) in [5.41, 5.74) is 4.65. The summed E-state index contributed by atoms with van der Waals surface area (Å²) in [5.74, 6) is 3.34. The number of amides is 1. The molecule has 68 heavy (non-hydrogen) atoms. The summed E-state index contributed by atoms with van der Waals surface area (Å²) in [6, 6.07) is 22.0. The number of nitrogens with zero attached hydrogens (tertiary/aromatic N) is 8. The van der Waals surface area contributed by atoms with E-state index >= 15 is 0 Å². The zero-order chi connectivity index (χ0) is 48.3. The molecule has 1 amide bonds. The zero-order valence-corrected chi connectivity index (χ0v) is 40.1. The number of imidazole rings is 2. The highest BCUT2D eigenvalue weighted by atomic mass is 16.5. The van der Waals surface area contributed by atoms with Crippen LogP contribution in [-0.2, 0) is 36.7 Å². The lowest BCUT2D eigenvalue weighted by Gasteiger charge is -2.37. The highest BCUT2D eigenvalue weighted by molar-refractivity contribution is 5.91. The van der Waals surface area contributed by atoms with Crippen LogP contribution in [0.2, 0.25) is 0 Å². The highest BCUT2D eigenvalue weighted by Crippen LogP contribution is 2.38. The van der Waals surface area contributed by atoms with Gasteiger partial charge in [0.25, 0.3) is 0 Å². The van der Waals surface area contributed by atoms with E-state index < -0.39 is 0 Å². The van der Waals surface area contributed by atoms with Crippen LogP contribution in [0.15, 0.2) is 97.5 Å². The molecule has 4 aromatic heterocycles. The van der Waals surface area contributed by atoms with Gasteiger partial charge in [-0.2, -0.15) is 0 Å². The van der Waals surface area contributed by atoms with Gasteiger partial charge in [0, 0.05) is 61.1 Å². The molecule has 4 saturated heterocycles. The minimum atomic E-state index is -0.0931. The van der Waals surface area contributed by atoms with E-state index in [2.05, 4.69) is 47.2 Å². The van der Waals surface area contributed by atoms with Crippen molar-refractivity contribution in [2.45, 2.75) is 67.2 Å². The molecular formula is C51H64N10O7. The molecule has 17 heteroatoms. The molecule has 10 rings (SSSR count). The number of ketones is 2. The summed E-state index contributed by atoms with van der Waals surface area (Å²) in [7, 11) is 0. The quantitative estimate of drug-likeness (QED) is 0.103. The van der Waals surface area contributed by atoms with Gasteiger partial charge in [0.2, 0.25) is 17.7 Å². The van der Waals surface area contributed by atoms with Crippen LogP contribution in [0.1, 0.15) is 65.5 Å². The van der Waals surface area contributed by atoms with Crippen LogP contribution in [0.3, 0.4) is 0 Å². The van der Waals surface area contributed by atoms with E-state index in [1.54, 1.807) is 47.3 Å². The lowest BCUT2D eigenvalue weighted by Crippen LogP contribution is -2.45. The van der Waals surface area contributed by atoms with Crippen LogP contribution in [-0.4, -0.2) is 122 Å². The average Bonchev–Trinajstić information content (AvgIpc) is 4.10. The van der Waals surface area contributed by atoms with Gasteiger partial charge in [-0.15, -0.1) is 10.2 Å². The Morgan fingerprint density at radius 1 is 0.647 bits per heavy atom. The smallest absolute Gasteiger partial charge is 0.239 e. The number of rotatable bonds is 15. The molecule has 2 spiro atoms. The normalized spacial score (nSPS) is 16.6. The number of Topliss-reactive ketones (excluding diaryl/α,β-unsaturated/α-hetero) is 2. The molecule has 8 heterocycles. The maximum Gasteiger partial charge on any atom is 0.239 e. The van der Waals surface area contributed by atoms with Crippen molar-refractivity contribution in [1.29, 1.82) is 0 Å². The van der Waals surface area contributed by atoms with Crippen LogP contribution >= 0.6 is 0 Å². The fraction of sp³-hybridized carbons (Fsp3) is 0.431. The Morgan fingerprint density at radius 3 is 1.53 bits per heavy atom. The SMILES string of the molecule is C=C(CN1CCC2(COC2)C1)Nc1cn2nc(Oc3cccc(CC(C)=O)c3)ccc2n1.CC.CC.CC(=O)Cc1cccc(Oc2ccc3nc(NC(=O)CN4CCC5(COC5)C4)cn3n2)c1. The van der Waals surface area contributed by atoms with E-state index in [9.17, 15) is 14.4 Å². The van der Waals surface area contributed by atoms with Gasteiger partial charge in [-0.3, -0.25) is 24.2 Å². The summed E-state index contributed by atoms with van der Waals surface area (Å²) in [6.45, 7) is 23.8. The Kier molecular flexibility index (Phi) is 16.3. The molecule has 0 bridgehead atoms. The summed E-state index contributed by atoms with van der Waals surface area (Å²) >= 11 is 0. The summed E-state index contributed by atoms with van der Waals surface area (Å²) in [5, 5.41) is 15.1. The monoisotopic (exact) mass is 928 g/mol. The number of likely N-dealkylation sites (tertiary alicyclic amines) is 2. The molecule has 360 valence electrons. The van der Waals surface area contributed by atoms with Crippen molar-refractivity contribution in [2.24, 2.45) is 10.8 Å². The largest absolute Gasteiger partial charge is 0.438 e. The number of carbonyl (C=O) groups is 3. The van der Waals surface area contributed by atoms with Crippen molar-refractivity contribution >= 4 is 40.4 Å². The third-order valence-electron chi connectivity index (χ3n) is 11.8. The molecule has 0 atom stereocenters. The maximum atomic E-state index is 12.5.